The number of aryl methyl sites for hydroxylation is 1. The van der Waals surface area contributed by atoms with Crippen LogP contribution >= 0.6 is 0 Å². The number of anilines is 1. The van der Waals surface area contributed by atoms with Gasteiger partial charge < -0.3 is 19.9 Å². The number of amides is 1. The summed E-state index contributed by atoms with van der Waals surface area (Å²) < 4.78 is 5.82. The third-order valence-electron chi connectivity index (χ3n) is 6.33. The van der Waals surface area contributed by atoms with Crippen LogP contribution in [0, 0.1) is 6.92 Å². The number of piperidine rings is 1. The predicted molar refractivity (Wildman–Crippen MR) is 121 cm³/mol. The highest BCUT2D eigenvalue weighted by molar-refractivity contribution is 5.76. The summed E-state index contributed by atoms with van der Waals surface area (Å²) in [6.07, 6.45) is 3.43. The Bertz CT molecular complexity index is 932. The number of hydrogen-bond acceptors (Lipinski definition) is 6. The Morgan fingerprint density at radius 3 is 2.87 bits per heavy atom. The molecule has 1 N–H and O–H groups in total. The number of fused-ring (bicyclic) bond motifs is 1. The number of nitrogens with one attached hydrogen (secondary N) is 1. The fourth-order valence-corrected chi connectivity index (χ4v) is 4.55. The van der Waals surface area contributed by atoms with Crippen LogP contribution in [0.5, 0.6) is 5.75 Å². The average Bonchev–Trinajstić information content (AvgIpc) is 2.79. The molecule has 0 saturated carbocycles. The number of likely N-dealkylation sites (N-methyl/N-ethyl adjacent to an activating group) is 1. The van der Waals surface area contributed by atoms with Crippen molar-refractivity contribution in [3.8, 4) is 5.75 Å². The Labute approximate surface area is 184 Å². The first-order valence-corrected chi connectivity index (χ1v) is 11.3. The molecule has 1 aromatic heterocycles. The minimum absolute atomic E-state index is 0.114. The second-order valence-electron chi connectivity index (χ2n) is 8.64. The van der Waals surface area contributed by atoms with Gasteiger partial charge in [0.2, 0.25) is 5.91 Å². The van der Waals surface area contributed by atoms with Crippen LogP contribution in [-0.2, 0) is 17.8 Å². The lowest BCUT2D eigenvalue weighted by Crippen LogP contribution is -2.38. The van der Waals surface area contributed by atoms with E-state index in [2.05, 4.69) is 17.3 Å². The van der Waals surface area contributed by atoms with Gasteiger partial charge in [-0.3, -0.25) is 4.79 Å². The molecule has 1 unspecified atom stereocenters. The van der Waals surface area contributed by atoms with E-state index in [0.29, 0.717) is 32.0 Å². The van der Waals surface area contributed by atoms with Crippen LogP contribution in [-0.4, -0.2) is 66.0 Å². The zero-order valence-electron chi connectivity index (χ0n) is 18.9. The predicted octanol–water partition coefficient (Wildman–Crippen LogP) is 2.99. The highest BCUT2D eigenvalue weighted by Gasteiger charge is 2.28. The van der Waals surface area contributed by atoms with Gasteiger partial charge in [-0.05, 0) is 51.4 Å². The first kappa shape index (κ1) is 21.6. The lowest BCUT2D eigenvalue weighted by Gasteiger charge is -2.32. The monoisotopic (exact) mass is 423 g/mol. The SMILES string of the molecule is CNc1nc(C2CCCN(C)C2)nc2c1CCN(C(=O)CCOc1ccccc1C)C2. The molecule has 3 heterocycles. The normalized spacial score (nSPS) is 19.1. The van der Waals surface area contributed by atoms with Gasteiger partial charge in [0.15, 0.2) is 0 Å². The number of rotatable bonds is 6. The molecule has 0 bridgehead atoms. The van der Waals surface area contributed by atoms with Gasteiger partial charge in [-0.25, -0.2) is 9.97 Å². The molecular formula is C24H33N5O2. The van der Waals surface area contributed by atoms with Crippen molar-refractivity contribution in [2.24, 2.45) is 0 Å². The molecule has 0 aliphatic carbocycles. The second-order valence-corrected chi connectivity index (χ2v) is 8.64. The van der Waals surface area contributed by atoms with Crippen LogP contribution in [0.25, 0.3) is 0 Å². The largest absolute Gasteiger partial charge is 0.493 e. The summed E-state index contributed by atoms with van der Waals surface area (Å²) in [5.41, 5.74) is 3.22. The van der Waals surface area contributed by atoms with Gasteiger partial charge in [-0.15, -0.1) is 0 Å². The molecule has 1 fully saturated rings. The summed E-state index contributed by atoms with van der Waals surface area (Å²) in [6, 6.07) is 7.89. The summed E-state index contributed by atoms with van der Waals surface area (Å²) in [6.45, 7) is 5.76. The van der Waals surface area contributed by atoms with Crippen molar-refractivity contribution in [3.63, 3.8) is 0 Å². The highest BCUT2D eigenvalue weighted by atomic mass is 16.5. The van der Waals surface area contributed by atoms with Crippen LogP contribution in [0.1, 0.15) is 47.8 Å². The lowest BCUT2D eigenvalue weighted by atomic mass is 9.96. The molecule has 2 aliphatic heterocycles. The van der Waals surface area contributed by atoms with Crippen LogP contribution in [0.2, 0.25) is 0 Å². The number of ether oxygens (including phenoxy) is 1. The smallest absolute Gasteiger partial charge is 0.226 e. The molecule has 2 aliphatic rings. The van der Waals surface area contributed by atoms with Crippen molar-refractivity contribution < 1.29 is 9.53 Å². The van der Waals surface area contributed by atoms with E-state index >= 15 is 0 Å². The molecule has 31 heavy (non-hydrogen) atoms. The maximum absolute atomic E-state index is 12.8. The second kappa shape index (κ2) is 9.64. The first-order valence-electron chi connectivity index (χ1n) is 11.3. The van der Waals surface area contributed by atoms with Crippen LogP contribution in [0.15, 0.2) is 24.3 Å². The summed E-state index contributed by atoms with van der Waals surface area (Å²) in [7, 11) is 4.07. The van der Waals surface area contributed by atoms with Crippen molar-refractivity contribution in [1.82, 2.24) is 19.8 Å². The molecule has 0 radical (unpaired) electrons. The zero-order chi connectivity index (χ0) is 21.8. The van der Waals surface area contributed by atoms with Gasteiger partial charge in [0.1, 0.15) is 17.4 Å². The van der Waals surface area contributed by atoms with E-state index in [4.69, 9.17) is 14.7 Å². The molecule has 1 aromatic carbocycles. The molecule has 4 rings (SSSR count). The fraction of sp³-hybridized carbons (Fsp3) is 0.542. The molecule has 1 amide bonds. The van der Waals surface area contributed by atoms with E-state index in [-0.39, 0.29) is 5.91 Å². The number of benzene rings is 1. The van der Waals surface area contributed by atoms with Crippen LogP contribution in [0.3, 0.4) is 0 Å². The van der Waals surface area contributed by atoms with Gasteiger partial charge in [0, 0.05) is 31.6 Å². The van der Waals surface area contributed by atoms with Crippen LogP contribution < -0.4 is 10.1 Å². The zero-order valence-corrected chi connectivity index (χ0v) is 18.9. The minimum Gasteiger partial charge on any atom is -0.493 e. The third-order valence-corrected chi connectivity index (χ3v) is 6.33. The number of aromatic nitrogens is 2. The van der Waals surface area contributed by atoms with Gasteiger partial charge >= 0.3 is 0 Å². The number of para-hydroxylation sites is 1. The maximum Gasteiger partial charge on any atom is 0.226 e. The van der Waals surface area contributed by atoms with E-state index in [0.717, 1.165) is 60.1 Å². The fourth-order valence-electron chi connectivity index (χ4n) is 4.55. The number of carbonyl (C=O) groups is 1. The maximum atomic E-state index is 12.8. The van der Waals surface area contributed by atoms with E-state index < -0.39 is 0 Å². The molecule has 7 nitrogen and oxygen atoms in total. The van der Waals surface area contributed by atoms with Gasteiger partial charge in [0.25, 0.3) is 0 Å². The quantitative estimate of drug-likeness (QED) is 0.770. The summed E-state index contributed by atoms with van der Waals surface area (Å²) >= 11 is 0. The van der Waals surface area contributed by atoms with Gasteiger partial charge in [-0.1, -0.05) is 18.2 Å². The Balaban J connectivity index is 1.42. The van der Waals surface area contributed by atoms with E-state index in [1.54, 1.807) is 0 Å². The van der Waals surface area contributed by atoms with E-state index in [1.807, 2.05) is 43.1 Å². The molecule has 7 heteroatoms. The summed E-state index contributed by atoms with van der Waals surface area (Å²) in [4.78, 5) is 26.9. The van der Waals surface area contributed by atoms with Crippen molar-refractivity contribution in [2.75, 3.05) is 45.7 Å². The summed E-state index contributed by atoms with van der Waals surface area (Å²) in [5.74, 6) is 3.13. The molecule has 0 spiro atoms. The molecule has 2 aromatic rings. The Morgan fingerprint density at radius 1 is 1.26 bits per heavy atom. The third kappa shape index (κ3) is 4.98. The molecular weight excluding hydrogens is 390 g/mol. The number of hydrogen-bond donors (Lipinski definition) is 1. The standard InChI is InChI=1S/C24H33N5O2/c1-17-7-4-5-9-21(17)31-14-11-22(30)29-13-10-19-20(16-29)26-23(27-24(19)25-2)18-8-6-12-28(3)15-18/h4-5,7,9,18H,6,8,10-16H2,1-3H3,(H,25,26,27). The van der Waals surface area contributed by atoms with Crippen molar-refractivity contribution in [3.05, 3.63) is 46.9 Å². The topological polar surface area (TPSA) is 70.6 Å². The highest BCUT2D eigenvalue weighted by Crippen LogP contribution is 2.29. The first-order chi connectivity index (χ1) is 15.0. The average molecular weight is 424 g/mol. The minimum atomic E-state index is 0.114. The Hall–Kier alpha value is -2.67. The van der Waals surface area contributed by atoms with Crippen LogP contribution in [0.4, 0.5) is 5.82 Å². The molecule has 166 valence electrons. The summed E-state index contributed by atoms with van der Waals surface area (Å²) in [5, 5.41) is 3.26. The molecule has 1 saturated heterocycles. The lowest BCUT2D eigenvalue weighted by molar-refractivity contribution is -0.132. The van der Waals surface area contributed by atoms with Crippen molar-refractivity contribution in [2.45, 2.75) is 45.1 Å². The Kier molecular flexibility index (Phi) is 6.70. The number of likely N-dealkylation sites (tertiary alicyclic amines) is 1. The van der Waals surface area contributed by atoms with E-state index in [1.165, 1.54) is 6.42 Å². The van der Waals surface area contributed by atoms with Gasteiger partial charge in [-0.2, -0.15) is 0 Å². The number of nitrogens with zero attached hydrogens (tertiary/aromatic N) is 4. The number of carbonyl (C=O) groups excluding carboxylic acids is 1. The Morgan fingerprint density at radius 2 is 2.10 bits per heavy atom. The van der Waals surface area contributed by atoms with Crippen molar-refractivity contribution >= 4 is 11.7 Å². The molecule has 1 atom stereocenters. The van der Waals surface area contributed by atoms with Gasteiger partial charge in [0.05, 0.1) is 25.3 Å². The van der Waals surface area contributed by atoms with E-state index in [9.17, 15) is 4.79 Å². The van der Waals surface area contributed by atoms with Crippen molar-refractivity contribution in [1.29, 1.82) is 0 Å².